The molecule has 0 aliphatic heterocycles. The molecule has 0 bridgehead atoms. The fraction of sp³-hybridized carbons (Fsp3) is 0.150. The standard InChI is InChI=1S/C40H34O8S2.2Na/c41-49(42,43)21-9-19-47-39-26-40(48-20-10-22-50(44,45)46)38(36-24-28-12-2-4-14-30(28)32-16-6-8-18-34(32)36)25-37(39)35-23-27-11-1-3-13-29(27)31-15-5-7-17-33(31)35;;/h1-8,11-18,23-26H,9-10,19-22H2,(H,41,42,43)(H,44,45,46);;/q;2*+1/p-2. The van der Waals surface area contributed by atoms with E-state index in [2.05, 4.69) is 36.4 Å². The van der Waals surface area contributed by atoms with E-state index in [0.29, 0.717) is 11.5 Å². The van der Waals surface area contributed by atoms with Crippen molar-refractivity contribution in [1.82, 2.24) is 0 Å². The van der Waals surface area contributed by atoms with Crippen molar-refractivity contribution >= 4 is 63.3 Å². The van der Waals surface area contributed by atoms with Gasteiger partial charge in [0.05, 0.1) is 33.5 Å². The maximum atomic E-state index is 11.4. The molecular formula is C40H32Na2O8S2. The van der Waals surface area contributed by atoms with Gasteiger partial charge in [-0.3, -0.25) is 0 Å². The molecule has 0 aromatic heterocycles. The van der Waals surface area contributed by atoms with E-state index in [4.69, 9.17) is 9.47 Å². The van der Waals surface area contributed by atoms with Crippen molar-refractivity contribution in [3.8, 4) is 33.8 Å². The van der Waals surface area contributed by atoms with Crippen LogP contribution in [0.4, 0.5) is 0 Å². The zero-order chi connectivity index (χ0) is 34.9. The summed E-state index contributed by atoms with van der Waals surface area (Å²) in [6.07, 6.45) is -0.0310. The van der Waals surface area contributed by atoms with Crippen LogP contribution >= 0.6 is 0 Å². The predicted molar refractivity (Wildman–Crippen MR) is 197 cm³/mol. The Morgan fingerprint density at radius 2 is 0.769 bits per heavy atom. The summed E-state index contributed by atoms with van der Waals surface area (Å²) in [7, 11) is -8.88. The fourth-order valence-corrected chi connectivity index (χ4v) is 7.55. The van der Waals surface area contributed by atoms with Gasteiger partial charge in [-0.2, -0.15) is 0 Å². The van der Waals surface area contributed by atoms with Crippen molar-refractivity contribution in [2.24, 2.45) is 0 Å². The summed E-state index contributed by atoms with van der Waals surface area (Å²) in [4.78, 5) is 0. The van der Waals surface area contributed by atoms with Crippen molar-refractivity contribution < 1.29 is 94.5 Å². The molecule has 0 saturated carbocycles. The third kappa shape index (κ3) is 9.02. The second-order valence-corrected chi connectivity index (χ2v) is 15.2. The predicted octanol–water partition coefficient (Wildman–Crippen LogP) is 2.27. The first kappa shape index (κ1) is 40.2. The monoisotopic (exact) mass is 750 g/mol. The average Bonchev–Trinajstić information content (AvgIpc) is 3.10. The van der Waals surface area contributed by atoms with Gasteiger partial charge in [0.25, 0.3) is 0 Å². The summed E-state index contributed by atoms with van der Waals surface area (Å²) in [6, 6.07) is 40.3. The zero-order valence-electron chi connectivity index (χ0n) is 28.9. The molecule has 0 radical (unpaired) electrons. The first-order valence-electron chi connectivity index (χ1n) is 16.2. The molecule has 0 amide bonds. The molecule has 7 rings (SSSR count). The SMILES string of the molecule is O=S(=O)([O-])CCCOc1cc(OCCCS(=O)(=O)[O-])c(-c2cc3ccccc3c3ccccc23)cc1-c1cc2ccccc2c2ccccc12.[Na+].[Na+]. The zero-order valence-corrected chi connectivity index (χ0v) is 34.5. The van der Waals surface area contributed by atoms with Gasteiger partial charge in [0.2, 0.25) is 0 Å². The molecule has 12 heteroatoms. The normalized spacial score (nSPS) is 11.7. The summed E-state index contributed by atoms with van der Waals surface area (Å²) in [5.41, 5.74) is 3.19. The third-order valence-electron chi connectivity index (χ3n) is 8.79. The van der Waals surface area contributed by atoms with Crippen molar-refractivity contribution in [2.45, 2.75) is 12.8 Å². The molecule has 0 aliphatic carbocycles. The van der Waals surface area contributed by atoms with E-state index >= 15 is 0 Å². The Morgan fingerprint density at radius 3 is 1.15 bits per heavy atom. The van der Waals surface area contributed by atoms with Crippen LogP contribution in [0.25, 0.3) is 65.3 Å². The van der Waals surface area contributed by atoms with Gasteiger partial charge < -0.3 is 18.6 Å². The Bertz CT molecular complexity index is 2450. The summed E-state index contributed by atoms with van der Waals surface area (Å²) >= 11 is 0. The molecule has 7 aromatic carbocycles. The van der Waals surface area contributed by atoms with Crippen molar-refractivity contribution in [3.63, 3.8) is 0 Å². The summed E-state index contributed by atoms with van der Waals surface area (Å²) in [5.74, 6) is -0.353. The Labute approximate surface area is 347 Å². The smallest absolute Gasteiger partial charge is 0.748 e. The van der Waals surface area contributed by atoms with E-state index in [1.54, 1.807) is 6.07 Å². The molecule has 0 unspecified atom stereocenters. The molecule has 8 nitrogen and oxygen atoms in total. The Balaban J connectivity index is 0.00000261. The molecule has 7 aromatic rings. The minimum atomic E-state index is -4.44. The van der Waals surface area contributed by atoms with Gasteiger partial charge in [0.1, 0.15) is 11.5 Å². The molecule has 0 heterocycles. The van der Waals surface area contributed by atoms with Gasteiger partial charge in [-0.15, -0.1) is 0 Å². The molecule has 52 heavy (non-hydrogen) atoms. The number of hydrogen-bond donors (Lipinski definition) is 0. The van der Waals surface area contributed by atoms with E-state index in [-0.39, 0.29) is 85.2 Å². The quantitative estimate of drug-likeness (QED) is 0.0805. The fourth-order valence-electron chi connectivity index (χ4n) is 6.61. The number of fused-ring (bicyclic) bond motifs is 6. The number of rotatable bonds is 12. The van der Waals surface area contributed by atoms with Crippen LogP contribution in [0.1, 0.15) is 12.8 Å². The number of ether oxygens (including phenoxy) is 2. The minimum Gasteiger partial charge on any atom is -0.748 e. The maximum Gasteiger partial charge on any atom is 1.00 e. The maximum absolute atomic E-state index is 11.4. The largest absolute Gasteiger partial charge is 1.00 e. The van der Waals surface area contributed by atoms with Crippen LogP contribution in [0, 0.1) is 0 Å². The van der Waals surface area contributed by atoms with Gasteiger partial charge >= 0.3 is 59.1 Å². The molecule has 0 fully saturated rings. The van der Waals surface area contributed by atoms with Crippen LogP contribution in [0.5, 0.6) is 11.5 Å². The number of hydrogen-bond acceptors (Lipinski definition) is 8. The van der Waals surface area contributed by atoms with Crippen molar-refractivity contribution in [3.05, 3.63) is 121 Å². The van der Waals surface area contributed by atoms with E-state index < -0.39 is 31.7 Å². The second kappa shape index (κ2) is 17.0. The van der Waals surface area contributed by atoms with Crippen LogP contribution in [0.15, 0.2) is 121 Å². The van der Waals surface area contributed by atoms with Gasteiger partial charge in [0.15, 0.2) is 0 Å². The van der Waals surface area contributed by atoms with Crippen LogP contribution in [-0.2, 0) is 20.2 Å². The first-order valence-corrected chi connectivity index (χ1v) is 19.3. The van der Waals surface area contributed by atoms with Gasteiger partial charge in [0, 0.05) is 28.7 Å². The van der Waals surface area contributed by atoms with E-state index in [1.807, 2.05) is 78.9 Å². The van der Waals surface area contributed by atoms with Gasteiger partial charge in [-0.25, -0.2) is 16.8 Å². The molecule has 0 atom stereocenters. The van der Waals surface area contributed by atoms with Crippen LogP contribution in [0.2, 0.25) is 0 Å². The molecular weight excluding hydrogens is 719 g/mol. The summed E-state index contributed by atoms with van der Waals surface area (Å²) in [5, 5.41) is 8.24. The topological polar surface area (TPSA) is 133 Å². The Hall–Kier alpha value is -3.00. The molecule has 254 valence electrons. The second-order valence-electron chi connectivity index (χ2n) is 12.2. The van der Waals surface area contributed by atoms with E-state index in [0.717, 1.165) is 65.3 Å². The summed E-state index contributed by atoms with van der Waals surface area (Å²) in [6.45, 7) is -0.0990. The Kier molecular flexibility index (Phi) is 13.1. The number of benzene rings is 7. The Morgan fingerprint density at radius 1 is 0.423 bits per heavy atom. The van der Waals surface area contributed by atoms with E-state index in [1.165, 1.54) is 0 Å². The van der Waals surface area contributed by atoms with Crippen LogP contribution in [-0.4, -0.2) is 50.7 Å². The molecule has 0 spiro atoms. The van der Waals surface area contributed by atoms with Gasteiger partial charge in [-0.1, -0.05) is 97.1 Å². The minimum absolute atomic E-state index is 0. The van der Waals surface area contributed by atoms with Crippen LogP contribution in [0.3, 0.4) is 0 Å². The molecule has 0 saturated heterocycles. The first-order chi connectivity index (χ1) is 24.1. The molecule has 0 N–H and O–H groups in total. The van der Waals surface area contributed by atoms with E-state index in [9.17, 15) is 25.9 Å². The van der Waals surface area contributed by atoms with Crippen molar-refractivity contribution in [1.29, 1.82) is 0 Å². The third-order valence-corrected chi connectivity index (χ3v) is 10.4. The average molecular weight is 751 g/mol. The van der Waals surface area contributed by atoms with Crippen molar-refractivity contribution in [2.75, 3.05) is 24.7 Å². The van der Waals surface area contributed by atoms with Crippen LogP contribution < -0.4 is 68.6 Å². The summed E-state index contributed by atoms with van der Waals surface area (Å²) < 4.78 is 80.8. The van der Waals surface area contributed by atoms with Gasteiger partial charge in [-0.05, 0) is 85.3 Å². The molecule has 0 aliphatic rings.